The number of anilines is 1. The summed E-state index contributed by atoms with van der Waals surface area (Å²) >= 11 is 1.52. The number of esters is 1. The first-order valence-corrected chi connectivity index (χ1v) is 11.6. The summed E-state index contributed by atoms with van der Waals surface area (Å²) in [5.74, 6) is -0.102. The van der Waals surface area contributed by atoms with Crippen LogP contribution in [0.4, 0.5) is 5.00 Å². The van der Waals surface area contributed by atoms with E-state index < -0.39 is 0 Å². The highest BCUT2D eigenvalue weighted by molar-refractivity contribution is 7.17. The number of rotatable bonds is 6. The van der Waals surface area contributed by atoms with Gasteiger partial charge in [-0.15, -0.1) is 11.3 Å². The predicted octanol–water partition coefficient (Wildman–Crippen LogP) is 6.36. The largest absolute Gasteiger partial charge is 0.459 e. The van der Waals surface area contributed by atoms with Gasteiger partial charge in [0.15, 0.2) is 0 Å². The standard InChI is InChI=1S/C25H31NO3S/c1-16(2)19-13-10-18(11-14-19)12-15-22(27)26-24-23(25(28)29-17(3)4)20-8-6-5-7-9-21(20)30-24/h10-17H,5-9H2,1-4H3,(H,26,27). The number of hydrogen-bond acceptors (Lipinski definition) is 4. The minimum absolute atomic E-state index is 0.198. The normalized spacial score (nSPS) is 14.1. The molecule has 1 aliphatic carbocycles. The van der Waals surface area contributed by atoms with Crippen molar-refractivity contribution in [2.45, 2.75) is 71.8 Å². The van der Waals surface area contributed by atoms with Gasteiger partial charge in [0.05, 0.1) is 11.7 Å². The SMILES string of the molecule is CC(C)OC(=O)c1c(NC(=O)C=Cc2ccc(C(C)C)cc2)sc2c1CCCCC2. The lowest BCUT2D eigenvalue weighted by molar-refractivity contribution is -0.111. The fraction of sp³-hybridized carbons (Fsp3) is 0.440. The van der Waals surface area contributed by atoms with Crippen LogP contribution in [0.5, 0.6) is 0 Å². The van der Waals surface area contributed by atoms with Crippen LogP contribution in [0, 0.1) is 0 Å². The van der Waals surface area contributed by atoms with Crippen LogP contribution in [-0.4, -0.2) is 18.0 Å². The molecule has 5 heteroatoms. The van der Waals surface area contributed by atoms with Crippen molar-refractivity contribution in [3.05, 3.63) is 57.5 Å². The molecule has 1 aliphatic rings. The molecule has 0 radical (unpaired) electrons. The van der Waals surface area contributed by atoms with Crippen LogP contribution < -0.4 is 5.32 Å². The molecule has 3 rings (SSSR count). The van der Waals surface area contributed by atoms with Crippen molar-refractivity contribution in [2.75, 3.05) is 5.32 Å². The first-order chi connectivity index (χ1) is 14.3. The smallest absolute Gasteiger partial charge is 0.341 e. The van der Waals surface area contributed by atoms with E-state index >= 15 is 0 Å². The molecule has 0 spiro atoms. The number of fused-ring (bicyclic) bond motifs is 1. The maximum atomic E-state index is 12.8. The summed E-state index contributed by atoms with van der Waals surface area (Å²) in [7, 11) is 0. The molecule has 0 fully saturated rings. The van der Waals surface area contributed by atoms with Crippen molar-refractivity contribution in [2.24, 2.45) is 0 Å². The number of carbonyl (C=O) groups is 2. The van der Waals surface area contributed by atoms with Gasteiger partial charge in [-0.05, 0) is 68.2 Å². The van der Waals surface area contributed by atoms with E-state index in [-0.39, 0.29) is 18.0 Å². The van der Waals surface area contributed by atoms with E-state index in [1.165, 1.54) is 34.3 Å². The molecule has 160 valence electrons. The molecule has 0 aliphatic heterocycles. The highest BCUT2D eigenvalue weighted by Crippen LogP contribution is 2.38. The van der Waals surface area contributed by atoms with E-state index in [1.807, 2.05) is 26.0 Å². The first-order valence-electron chi connectivity index (χ1n) is 10.8. The van der Waals surface area contributed by atoms with Crippen molar-refractivity contribution in [3.8, 4) is 0 Å². The second-order valence-corrected chi connectivity index (χ2v) is 9.47. The van der Waals surface area contributed by atoms with Crippen LogP contribution in [0.15, 0.2) is 30.3 Å². The summed E-state index contributed by atoms with van der Waals surface area (Å²) in [5.41, 5.74) is 3.85. The number of ether oxygens (including phenoxy) is 1. The van der Waals surface area contributed by atoms with E-state index in [0.29, 0.717) is 16.5 Å². The maximum absolute atomic E-state index is 12.8. The lowest BCUT2D eigenvalue weighted by atomic mass is 10.0. The molecule has 1 aromatic carbocycles. The second kappa shape index (κ2) is 10.1. The zero-order valence-electron chi connectivity index (χ0n) is 18.3. The number of benzene rings is 1. The summed E-state index contributed by atoms with van der Waals surface area (Å²) in [5, 5.41) is 3.54. The molecule has 0 unspecified atom stereocenters. The van der Waals surface area contributed by atoms with E-state index in [9.17, 15) is 9.59 Å². The molecule has 1 N–H and O–H groups in total. The van der Waals surface area contributed by atoms with Crippen LogP contribution >= 0.6 is 11.3 Å². The van der Waals surface area contributed by atoms with Crippen LogP contribution in [-0.2, 0) is 22.4 Å². The van der Waals surface area contributed by atoms with Crippen molar-refractivity contribution in [1.29, 1.82) is 0 Å². The van der Waals surface area contributed by atoms with Crippen LogP contribution in [0.2, 0.25) is 0 Å². The Bertz CT molecular complexity index is 923. The fourth-order valence-corrected chi connectivity index (χ4v) is 4.92. The molecular weight excluding hydrogens is 394 g/mol. The Labute approximate surface area is 183 Å². The molecule has 0 bridgehead atoms. The van der Waals surface area contributed by atoms with Gasteiger partial charge in [0.25, 0.3) is 0 Å². The number of thiophene rings is 1. The Morgan fingerprint density at radius 1 is 1.03 bits per heavy atom. The van der Waals surface area contributed by atoms with E-state index in [1.54, 1.807) is 6.08 Å². The van der Waals surface area contributed by atoms with Crippen LogP contribution in [0.25, 0.3) is 6.08 Å². The quantitative estimate of drug-likeness (QED) is 0.333. The van der Waals surface area contributed by atoms with Gasteiger partial charge in [-0.25, -0.2) is 4.79 Å². The van der Waals surface area contributed by atoms with Crippen LogP contribution in [0.1, 0.15) is 84.8 Å². The lowest BCUT2D eigenvalue weighted by Crippen LogP contribution is -2.16. The summed E-state index contributed by atoms with van der Waals surface area (Å²) in [6, 6.07) is 8.19. The molecular formula is C25H31NO3S. The maximum Gasteiger partial charge on any atom is 0.341 e. The molecule has 1 heterocycles. The molecule has 0 saturated carbocycles. The third-order valence-electron chi connectivity index (χ3n) is 5.24. The van der Waals surface area contributed by atoms with Crippen molar-refractivity contribution in [1.82, 2.24) is 0 Å². The van der Waals surface area contributed by atoms with E-state index in [2.05, 4.69) is 31.3 Å². The Morgan fingerprint density at radius 3 is 2.40 bits per heavy atom. The van der Waals surface area contributed by atoms with Crippen molar-refractivity contribution < 1.29 is 14.3 Å². The van der Waals surface area contributed by atoms with E-state index in [4.69, 9.17) is 4.74 Å². The Kier molecular flexibility index (Phi) is 7.48. The van der Waals surface area contributed by atoms with Crippen molar-refractivity contribution >= 4 is 34.3 Å². The Balaban J connectivity index is 1.79. The number of nitrogens with one attached hydrogen (secondary N) is 1. The molecule has 1 aromatic heterocycles. The second-order valence-electron chi connectivity index (χ2n) is 8.37. The summed E-state index contributed by atoms with van der Waals surface area (Å²) < 4.78 is 5.48. The highest BCUT2D eigenvalue weighted by atomic mass is 32.1. The van der Waals surface area contributed by atoms with Gasteiger partial charge in [-0.1, -0.05) is 44.5 Å². The van der Waals surface area contributed by atoms with Gasteiger partial charge in [0.2, 0.25) is 5.91 Å². The zero-order chi connectivity index (χ0) is 21.7. The van der Waals surface area contributed by atoms with Gasteiger partial charge < -0.3 is 10.1 Å². The molecule has 1 amide bonds. The summed E-state index contributed by atoms with van der Waals surface area (Å²) in [6.45, 7) is 7.99. The van der Waals surface area contributed by atoms with Gasteiger partial charge in [-0.2, -0.15) is 0 Å². The summed E-state index contributed by atoms with van der Waals surface area (Å²) in [6.07, 6.45) is 8.28. The fourth-order valence-electron chi connectivity index (χ4n) is 3.64. The molecule has 0 saturated heterocycles. The third-order valence-corrected chi connectivity index (χ3v) is 6.44. The first kappa shape index (κ1) is 22.3. The number of hydrogen-bond donors (Lipinski definition) is 1. The minimum Gasteiger partial charge on any atom is -0.459 e. The summed E-state index contributed by atoms with van der Waals surface area (Å²) in [4.78, 5) is 26.6. The van der Waals surface area contributed by atoms with E-state index in [0.717, 1.165) is 36.8 Å². The number of aryl methyl sites for hydroxylation is 1. The molecule has 4 nitrogen and oxygen atoms in total. The van der Waals surface area contributed by atoms with Gasteiger partial charge >= 0.3 is 5.97 Å². The number of carbonyl (C=O) groups excluding carboxylic acids is 2. The third kappa shape index (κ3) is 5.60. The molecule has 0 atom stereocenters. The van der Waals surface area contributed by atoms with Gasteiger partial charge in [0, 0.05) is 11.0 Å². The zero-order valence-corrected chi connectivity index (χ0v) is 19.1. The highest BCUT2D eigenvalue weighted by Gasteiger charge is 2.27. The van der Waals surface area contributed by atoms with Crippen LogP contribution in [0.3, 0.4) is 0 Å². The van der Waals surface area contributed by atoms with Gasteiger partial charge in [-0.3, -0.25) is 4.79 Å². The molecule has 30 heavy (non-hydrogen) atoms. The lowest BCUT2D eigenvalue weighted by Gasteiger charge is -2.11. The monoisotopic (exact) mass is 425 g/mol. The van der Waals surface area contributed by atoms with Gasteiger partial charge in [0.1, 0.15) is 5.00 Å². The predicted molar refractivity (Wildman–Crippen MR) is 124 cm³/mol. The molecule has 2 aromatic rings. The Morgan fingerprint density at radius 2 is 1.73 bits per heavy atom. The number of amides is 1. The average molecular weight is 426 g/mol. The minimum atomic E-state index is -0.340. The van der Waals surface area contributed by atoms with Crippen molar-refractivity contribution in [3.63, 3.8) is 0 Å². The Hall–Kier alpha value is -2.40. The topological polar surface area (TPSA) is 55.4 Å². The average Bonchev–Trinajstić information content (AvgIpc) is 2.86.